The summed E-state index contributed by atoms with van der Waals surface area (Å²) in [4.78, 5) is 4.54. The Hall–Kier alpha value is -0.730. The van der Waals surface area contributed by atoms with Crippen LogP contribution in [0.15, 0.2) is 18.2 Å². The second kappa shape index (κ2) is 5.28. The Morgan fingerprint density at radius 3 is 2.82 bits per heavy atom. The van der Waals surface area contributed by atoms with Gasteiger partial charge in [0.05, 0.1) is 21.9 Å². The molecule has 0 fully saturated rings. The number of hydrogen-bond acceptors (Lipinski definition) is 1. The van der Waals surface area contributed by atoms with Crippen LogP contribution in [0.2, 0.25) is 5.02 Å². The van der Waals surface area contributed by atoms with E-state index in [1.807, 2.05) is 18.2 Å². The van der Waals surface area contributed by atoms with Gasteiger partial charge in [-0.1, -0.05) is 31.0 Å². The predicted molar refractivity (Wildman–Crippen MR) is 73.9 cm³/mol. The highest BCUT2D eigenvalue weighted by Crippen LogP contribution is 2.29. The molecule has 1 aromatic heterocycles. The molecule has 1 unspecified atom stereocenters. The maximum absolute atomic E-state index is 6.27. The average molecular weight is 271 g/mol. The standard InChI is InChI=1S/C13H16Cl2N2/c1-3-5-9(2)17-12(8-14)16-11-7-4-6-10(15)13(11)17/h4,6-7,9H,3,5,8H2,1-2H3. The number of alkyl halides is 1. The van der Waals surface area contributed by atoms with Gasteiger partial charge in [-0.3, -0.25) is 0 Å². The van der Waals surface area contributed by atoms with Gasteiger partial charge in [0, 0.05) is 6.04 Å². The van der Waals surface area contributed by atoms with E-state index >= 15 is 0 Å². The van der Waals surface area contributed by atoms with Gasteiger partial charge >= 0.3 is 0 Å². The van der Waals surface area contributed by atoms with Gasteiger partial charge in [-0.15, -0.1) is 11.6 Å². The summed E-state index contributed by atoms with van der Waals surface area (Å²) in [6, 6.07) is 6.18. The van der Waals surface area contributed by atoms with Crippen LogP contribution >= 0.6 is 23.2 Å². The fourth-order valence-electron chi connectivity index (χ4n) is 2.27. The first-order valence-electron chi connectivity index (χ1n) is 5.90. The van der Waals surface area contributed by atoms with Crippen molar-refractivity contribution in [3.8, 4) is 0 Å². The van der Waals surface area contributed by atoms with Crippen LogP contribution in [-0.4, -0.2) is 9.55 Å². The topological polar surface area (TPSA) is 17.8 Å². The zero-order valence-electron chi connectivity index (χ0n) is 10.1. The van der Waals surface area contributed by atoms with E-state index < -0.39 is 0 Å². The largest absolute Gasteiger partial charge is 0.323 e. The Morgan fingerprint density at radius 1 is 1.41 bits per heavy atom. The molecule has 92 valence electrons. The summed E-state index contributed by atoms with van der Waals surface area (Å²) in [6.07, 6.45) is 2.23. The second-order valence-corrected chi connectivity index (χ2v) is 4.95. The molecule has 0 saturated heterocycles. The van der Waals surface area contributed by atoms with Crippen molar-refractivity contribution >= 4 is 34.2 Å². The molecule has 0 N–H and O–H groups in total. The van der Waals surface area contributed by atoms with Gasteiger partial charge in [0.15, 0.2) is 0 Å². The molecule has 0 aliphatic carbocycles. The minimum absolute atomic E-state index is 0.374. The number of halogens is 2. The Balaban J connectivity index is 2.64. The lowest BCUT2D eigenvalue weighted by Gasteiger charge is -2.16. The molecule has 1 atom stereocenters. The van der Waals surface area contributed by atoms with Crippen LogP contribution in [0.4, 0.5) is 0 Å². The molecule has 2 aromatic rings. The van der Waals surface area contributed by atoms with Crippen LogP contribution in [-0.2, 0) is 5.88 Å². The second-order valence-electron chi connectivity index (χ2n) is 4.28. The summed E-state index contributed by atoms with van der Waals surface area (Å²) in [5, 5.41) is 0.745. The molecule has 0 saturated carbocycles. The Labute approximate surface area is 112 Å². The van der Waals surface area contributed by atoms with E-state index in [0.29, 0.717) is 11.9 Å². The highest BCUT2D eigenvalue weighted by molar-refractivity contribution is 6.35. The summed E-state index contributed by atoms with van der Waals surface area (Å²) in [5.74, 6) is 1.31. The summed E-state index contributed by atoms with van der Waals surface area (Å²) in [7, 11) is 0. The van der Waals surface area contributed by atoms with Gasteiger partial charge < -0.3 is 4.57 Å². The summed E-state index contributed by atoms with van der Waals surface area (Å²) in [6.45, 7) is 4.36. The number of fused-ring (bicyclic) bond motifs is 1. The van der Waals surface area contributed by atoms with E-state index in [4.69, 9.17) is 23.2 Å². The molecule has 2 nitrogen and oxygen atoms in total. The average Bonchev–Trinajstić information content (AvgIpc) is 2.69. The van der Waals surface area contributed by atoms with E-state index in [1.54, 1.807) is 0 Å². The number of benzene rings is 1. The zero-order valence-corrected chi connectivity index (χ0v) is 11.6. The van der Waals surface area contributed by atoms with Crippen molar-refractivity contribution in [3.05, 3.63) is 29.0 Å². The third kappa shape index (κ3) is 2.29. The molecule has 1 heterocycles. The van der Waals surface area contributed by atoms with E-state index in [9.17, 15) is 0 Å². The number of aromatic nitrogens is 2. The first kappa shape index (κ1) is 12.7. The molecular weight excluding hydrogens is 255 g/mol. The molecule has 0 aliphatic rings. The van der Waals surface area contributed by atoms with E-state index in [2.05, 4.69) is 23.4 Å². The zero-order chi connectivity index (χ0) is 12.4. The molecule has 1 aromatic carbocycles. The fourth-order valence-corrected chi connectivity index (χ4v) is 2.72. The van der Waals surface area contributed by atoms with E-state index in [1.165, 1.54) is 0 Å². The van der Waals surface area contributed by atoms with E-state index in [-0.39, 0.29) is 0 Å². The Morgan fingerprint density at radius 2 is 2.18 bits per heavy atom. The van der Waals surface area contributed by atoms with E-state index in [0.717, 1.165) is 34.7 Å². The molecule has 2 rings (SSSR count). The molecule has 0 spiro atoms. The molecule has 0 amide bonds. The lowest BCUT2D eigenvalue weighted by atomic mass is 10.2. The number of hydrogen-bond donors (Lipinski definition) is 0. The predicted octanol–water partition coefficient (Wildman–Crippen LogP) is 4.79. The molecule has 17 heavy (non-hydrogen) atoms. The third-order valence-corrected chi connectivity index (χ3v) is 3.54. The first-order chi connectivity index (χ1) is 8.19. The Bertz CT molecular complexity index is 519. The lowest BCUT2D eigenvalue weighted by molar-refractivity contribution is 0.500. The fraction of sp³-hybridized carbons (Fsp3) is 0.462. The van der Waals surface area contributed by atoms with Gasteiger partial charge in [-0.25, -0.2) is 4.98 Å². The van der Waals surface area contributed by atoms with Crippen molar-refractivity contribution in [1.82, 2.24) is 9.55 Å². The monoisotopic (exact) mass is 270 g/mol. The van der Waals surface area contributed by atoms with Crippen molar-refractivity contribution in [2.45, 2.75) is 38.6 Å². The van der Waals surface area contributed by atoms with Crippen LogP contribution in [0.3, 0.4) is 0 Å². The summed E-state index contributed by atoms with van der Waals surface area (Å²) < 4.78 is 2.17. The van der Waals surface area contributed by atoms with Crippen LogP contribution < -0.4 is 0 Å². The highest BCUT2D eigenvalue weighted by Gasteiger charge is 2.16. The van der Waals surface area contributed by atoms with Gasteiger partial charge in [-0.05, 0) is 25.5 Å². The first-order valence-corrected chi connectivity index (χ1v) is 6.81. The van der Waals surface area contributed by atoms with Crippen molar-refractivity contribution in [2.75, 3.05) is 0 Å². The normalized spacial score (nSPS) is 13.2. The lowest BCUT2D eigenvalue weighted by Crippen LogP contribution is -2.08. The number of imidazole rings is 1. The molecular formula is C13H16Cl2N2. The molecule has 4 heteroatoms. The summed E-state index contributed by atoms with van der Waals surface area (Å²) in [5.41, 5.74) is 1.93. The smallest absolute Gasteiger partial charge is 0.125 e. The number of para-hydroxylation sites is 1. The number of nitrogens with zero attached hydrogens (tertiary/aromatic N) is 2. The number of rotatable bonds is 4. The van der Waals surface area contributed by atoms with Crippen LogP contribution in [0, 0.1) is 0 Å². The van der Waals surface area contributed by atoms with Gasteiger partial charge in [0.1, 0.15) is 5.82 Å². The van der Waals surface area contributed by atoms with Gasteiger partial charge in [0.2, 0.25) is 0 Å². The maximum Gasteiger partial charge on any atom is 0.125 e. The van der Waals surface area contributed by atoms with Crippen molar-refractivity contribution < 1.29 is 0 Å². The minimum Gasteiger partial charge on any atom is -0.323 e. The third-order valence-electron chi connectivity index (χ3n) is 3.00. The quantitative estimate of drug-likeness (QED) is 0.731. The van der Waals surface area contributed by atoms with Crippen molar-refractivity contribution in [2.24, 2.45) is 0 Å². The van der Waals surface area contributed by atoms with Gasteiger partial charge in [0.25, 0.3) is 0 Å². The van der Waals surface area contributed by atoms with Crippen molar-refractivity contribution in [1.29, 1.82) is 0 Å². The molecule has 0 radical (unpaired) electrons. The minimum atomic E-state index is 0.374. The SMILES string of the molecule is CCCC(C)n1c(CCl)nc2cccc(Cl)c21. The van der Waals surface area contributed by atoms with Gasteiger partial charge in [-0.2, -0.15) is 0 Å². The maximum atomic E-state index is 6.27. The van der Waals surface area contributed by atoms with Crippen LogP contribution in [0.5, 0.6) is 0 Å². The molecule has 0 aliphatic heterocycles. The molecule has 0 bridgehead atoms. The summed E-state index contributed by atoms with van der Waals surface area (Å²) >= 11 is 12.2. The van der Waals surface area contributed by atoms with Crippen LogP contribution in [0.1, 0.15) is 38.6 Å². The Kier molecular flexibility index (Phi) is 3.95. The highest BCUT2D eigenvalue weighted by atomic mass is 35.5. The van der Waals surface area contributed by atoms with Crippen LogP contribution in [0.25, 0.3) is 11.0 Å². The van der Waals surface area contributed by atoms with Crippen molar-refractivity contribution in [3.63, 3.8) is 0 Å².